The molecule has 2 nitrogen and oxygen atoms in total. The predicted molar refractivity (Wildman–Crippen MR) is 81.9 cm³/mol. The van der Waals surface area contributed by atoms with E-state index in [0.717, 1.165) is 12.0 Å². The van der Waals surface area contributed by atoms with E-state index < -0.39 is 0 Å². The van der Waals surface area contributed by atoms with E-state index in [1.807, 2.05) is 13.0 Å². The summed E-state index contributed by atoms with van der Waals surface area (Å²) in [7, 11) is 0. The zero-order chi connectivity index (χ0) is 13.8. The number of rotatable bonds is 2. The van der Waals surface area contributed by atoms with Gasteiger partial charge >= 0.3 is 0 Å². The van der Waals surface area contributed by atoms with Crippen molar-refractivity contribution in [1.82, 2.24) is 5.32 Å². The Bertz CT molecular complexity index is 461. The van der Waals surface area contributed by atoms with Gasteiger partial charge in [0, 0.05) is 6.04 Å². The first-order valence-electron chi connectivity index (χ1n) is 6.90. The fourth-order valence-corrected chi connectivity index (χ4v) is 2.84. The minimum absolute atomic E-state index is 0.263. The topological polar surface area (TPSA) is 24.1 Å². The number of halogens is 1. The fraction of sp³-hybridized carbons (Fsp3) is 0.533. The molecule has 1 aliphatic carbocycles. The summed E-state index contributed by atoms with van der Waals surface area (Å²) in [6.07, 6.45) is 4.91. The Morgan fingerprint density at radius 3 is 2.74 bits per heavy atom. The molecule has 0 amide bonds. The van der Waals surface area contributed by atoms with Crippen molar-refractivity contribution in [1.29, 1.82) is 0 Å². The molecule has 0 unspecified atom stereocenters. The van der Waals surface area contributed by atoms with Gasteiger partial charge in [-0.25, -0.2) is 4.39 Å². The Labute approximate surface area is 119 Å². The molecule has 1 aliphatic rings. The summed E-state index contributed by atoms with van der Waals surface area (Å²) in [4.78, 5) is 0. The predicted octanol–water partition coefficient (Wildman–Crippen LogP) is 4.00. The van der Waals surface area contributed by atoms with Crippen molar-refractivity contribution in [3.63, 3.8) is 0 Å². The highest BCUT2D eigenvalue weighted by molar-refractivity contribution is 7.80. The normalized spacial score (nSPS) is 22.9. The van der Waals surface area contributed by atoms with Crippen LogP contribution in [0.2, 0.25) is 0 Å². The molecule has 0 saturated heterocycles. The van der Waals surface area contributed by atoms with Crippen molar-refractivity contribution in [2.75, 3.05) is 5.32 Å². The molecule has 0 spiro atoms. The van der Waals surface area contributed by atoms with Gasteiger partial charge in [-0.1, -0.05) is 25.8 Å². The van der Waals surface area contributed by atoms with Crippen molar-refractivity contribution in [3.05, 3.63) is 29.6 Å². The zero-order valence-corrected chi connectivity index (χ0v) is 12.3. The van der Waals surface area contributed by atoms with Gasteiger partial charge in [0.2, 0.25) is 0 Å². The van der Waals surface area contributed by atoms with Crippen molar-refractivity contribution < 1.29 is 4.39 Å². The second-order valence-corrected chi connectivity index (χ2v) is 5.86. The van der Waals surface area contributed by atoms with Crippen LogP contribution in [0.15, 0.2) is 18.2 Å². The number of nitrogens with one attached hydrogen (secondary N) is 2. The SMILES string of the molecule is Cc1ccc(NC(=S)N[C@@H]2CCCC[C@@H]2C)c(F)c1. The molecule has 0 heterocycles. The summed E-state index contributed by atoms with van der Waals surface area (Å²) < 4.78 is 13.7. The summed E-state index contributed by atoms with van der Waals surface area (Å²) in [5.74, 6) is 0.359. The monoisotopic (exact) mass is 280 g/mol. The zero-order valence-electron chi connectivity index (χ0n) is 11.5. The third kappa shape index (κ3) is 3.90. The van der Waals surface area contributed by atoms with Crippen LogP contribution in [-0.2, 0) is 0 Å². The molecule has 2 N–H and O–H groups in total. The summed E-state index contributed by atoms with van der Waals surface area (Å²) in [5, 5.41) is 6.78. The van der Waals surface area contributed by atoms with Crippen LogP contribution in [0.25, 0.3) is 0 Å². The molecule has 1 saturated carbocycles. The Hall–Kier alpha value is -1.16. The molecule has 4 heteroatoms. The third-order valence-corrected chi connectivity index (χ3v) is 4.02. The first-order valence-corrected chi connectivity index (χ1v) is 7.31. The maximum Gasteiger partial charge on any atom is 0.171 e. The standard InChI is InChI=1S/C15H21FN2S/c1-10-7-8-14(12(16)9-10)18-15(19)17-13-6-4-3-5-11(13)2/h7-9,11,13H,3-6H2,1-2H3,(H2,17,18,19)/t11-,13+/m0/s1. The van der Waals surface area contributed by atoms with Crippen molar-refractivity contribution in [3.8, 4) is 0 Å². The molecule has 1 aromatic carbocycles. The molecule has 1 aromatic rings. The lowest BCUT2D eigenvalue weighted by Gasteiger charge is -2.30. The van der Waals surface area contributed by atoms with E-state index in [2.05, 4.69) is 17.6 Å². The molecular weight excluding hydrogens is 259 g/mol. The Balaban J connectivity index is 1.93. The Morgan fingerprint density at radius 2 is 2.05 bits per heavy atom. The largest absolute Gasteiger partial charge is 0.359 e. The van der Waals surface area contributed by atoms with E-state index in [9.17, 15) is 4.39 Å². The first-order chi connectivity index (χ1) is 9.06. The lowest BCUT2D eigenvalue weighted by atomic mass is 9.86. The number of aryl methyl sites for hydroxylation is 1. The van der Waals surface area contributed by atoms with Gasteiger partial charge in [-0.2, -0.15) is 0 Å². The van der Waals surface area contributed by atoms with Gasteiger partial charge in [0.15, 0.2) is 5.11 Å². The van der Waals surface area contributed by atoms with Crippen LogP contribution in [0.4, 0.5) is 10.1 Å². The highest BCUT2D eigenvalue weighted by Crippen LogP contribution is 2.24. The second kappa shape index (κ2) is 6.33. The highest BCUT2D eigenvalue weighted by Gasteiger charge is 2.21. The molecule has 2 atom stereocenters. The number of hydrogen-bond acceptors (Lipinski definition) is 1. The van der Waals surface area contributed by atoms with E-state index in [-0.39, 0.29) is 5.82 Å². The van der Waals surface area contributed by atoms with Gasteiger partial charge in [0.05, 0.1) is 5.69 Å². The third-order valence-electron chi connectivity index (χ3n) is 3.80. The number of hydrogen-bond donors (Lipinski definition) is 2. The van der Waals surface area contributed by atoms with E-state index in [1.165, 1.54) is 25.3 Å². The maximum absolute atomic E-state index is 13.7. The van der Waals surface area contributed by atoms with Crippen molar-refractivity contribution in [2.24, 2.45) is 5.92 Å². The van der Waals surface area contributed by atoms with E-state index in [4.69, 9.17) is 12.2 Å². The summed E-state index contributed by atoms with van der Waals surface area (Å²) in [6, 6.07) is 5.51. The first kappa shape index (κ1) is 14.3. The number of benzene rings is 1. The van der Waals surface area contributed by atoms with Gasteiger partial charge < -0.3 is 10.6 Å². The quantitative estimate of drug-likeness (QED) is 0.801. The molecular formula is C15H21FN2S. The maximum atomic E-state index is 13.7. The highest BCUT2D eigenvalue weighted by atomic mass is 32.1. The summed E-state index contributed by atoms with van der Waals surface area (Å²) >= 11 is 5.27. The smallest absolute Gasteiger partial charge is 0.171 e. The lowest BCUT2D eigenvalue weighted by Crippen LogP contribution is -2.43. The van der Waals surface area contributed by atoms with Gasteiger partial charge in [0.25, 0.3) is 0 Å². The van der Waals surface area contributed by atoms with Crippen molar-refractivity contribution >= 4 is 23.0 Å². The minimum atomic E-state index is -0.263. The molecule has 0 radical (unpaired) electrons. The fourth-order valence-electron chi connectivity index (χ4n) is 2.58. The molecule has 1 fully saturated rings. The number of anilines is 1. The van der Waals surface area contributed by atoms with Crippen LogP contribution in [0.3, 0.4) is 0 Å². The van der Waals surface area contributed by atoms with Crippen LogP contribution in [-0.4, -0.2) is 11.2 Å². The average molecular weight is 280 g/mol. The molecule has 2 rings (SSSR count). The van der Waals surface area contributed by atoms with Gasteiger partial charge in [-0.15, -0.1) is 0 Å². The Kier molecular flexibility index (Phi) is 4.75. The van der Waals surface area contributed by atoms with E-state index >= 15 is 0 Å². The van der Waals surface area contributed by atoms with Crippen LogP contribution >= 0.6 is 12.2 Å². The van der Waals surface area contributed by atoms with E-state index in [1.54, 1.807) is 6.07 Å². The Morgan fingerprint density at radius 1 is 1.32 bits per heavy atom. The van der Waals surface area contributed by atoms with Crippen LogP contribution in [0, 0.1) is 18.7 Å². The molecule has 0 bridgehead atoms. The number of thiocarbonyl (C=S) groups is 1. The van der Waals surface area contributed by atoms with Gasteiger partial charge in [0.1, 0.15) is 5.82 Å². The molecule has 19 heavy (non-hydrogen) atoms. The lowest BCUT2D eigenvalue weighted by molar-refractivity contribution is 0.309. The van der Waals surface area contributed by atoms with Crippen LogP contribution in [0.5, 0.6) is 0 Å². The van der Waals surface area contributed by atoms with Crippen LogP contribution < -0.4 is 10.6 Å². The average Bonchev–Trinajstić information content (AvgIpc) is 2.36. The minimum Gasteiger partial charge on any atom is -0.359 e. The second-order valence-electron chi connectivity index (χ2n) is 5.45. The molecule has 0 aromatic heterocycles. The summed E-state index contributed by atoms with van der Waals surface area (Å²) in [5.41, 5.74) is 1.34. The van der Waals surface area contributed by atoms with E-state index in [0.29, 0.717) is 22.8 Å². The van der Waals surface area contributed by atoms with Crippen LogP contribution in [0.1, 0.15) is 38.2 Å². The molecule has 0 aliphatic heterocycles. The summed E-state index contributed by atoms with van der Waals surface area (Å²) in [6.45, 7) is 4.11. The van der Waals surface area contributed by atoms with Crippen molar-refractivity contribution in [2.45, 2.75) is 45.6 Å². The molecule has 104 valence electrons. The van der Waals surface area contributed by atoms with Gasteiger partial charge in [-0.05, 0) is 55.6 Å². The van der Waals surface area contributed by atoms with Gasteiger partial charge in [-0.3, -0.25) is 0 Å².